The van der Waals surface area contributed by atoms with Gasteiger partial charge in [-0.15, -0.1) is 11.3 Å². The van der Waals surface area contributed by atoms with Gasteiger partial charge in [-0.05, 0) is 18.2 Å². The van der Waals surface area contributed by atoms with Gasteiger partial charge in [0.15, 0.2) is 17.6 Å². The van der Waals surface area contributed by atoms with Crippen LogP contribution in [0.15, 0.2) is 23.6 Å². The van der Waals surface area contributed by atoms with Crippen molar-refractivity contribution in [3.63, 3.8) is 0 Å². The molecule has 1 amide bonds. The fourth-order valence-corrected chi connectivity index (χ4v) is 3.66. The number of amides is 1. The standard InChI is InChI=1S/C17H16N2O6S/c20-15(19-3-4-23-14(7-19)17(21)22)6-11-8-26-16(18-11)10-1-2-12-13(5-10)25-9-24-12/h1-2,5,8,14H,3-4,6-7,9H2,(H,21,22)/t14-/m1/s1. The molecule has 2 aliphatic rings. The van der Waals surface area contributed by atoms with E-state index >= 15 is 0 Å². The summed E-state index contributed by atoms with van der Waals surface area (Å²) < 4.78 is 15.8. The largest absolute Gasteiger partial charge is 0.479 e. The maximum atomic E-state index is 12.4. The van der Waals surface area contributed by atoms with Gasteiger partial charge in [0.05, 0.1) is 25.3 Å². The minimum absolute atomic E-state index is 0.0628. The summed E-state index contributed by atoms with van der Waals surface area (Å²) in [5, 5.41) is 11.7. The van der Waals surface area contributed by atoms with Crippen LogP contribution in [0, 0.1) is 0 Å². The molecule has 0 radical (unpaired) electrons. The molecule has 0 saturated carbocycles. The number of hydrogen-bond donors (Lipinski definition) is 1. The third kappa shape index (κ3) is 3.35. The number of thiazole rings is 1. The number of morpholine rings is 1. The lowest BCUT2D eigenvalue weighted by molar-refractivity contribution is -0.159. The van der Waals surface area contributed by atoms with Crippen molar-refractivity contribution in [3.8, 4) is 22.1 Å². The lowest BCUT2D eigenvalue weighted by Crippen LogP contribution is -2.49. The van der Waals surface area contributed by atoms with E-state index in [1.807, 2.05) is 23.6 Å². The molecule has 0 spiro atoms. The molecule has 26 heavy (non-hydrogen) atoms. The van der Waals surface area contributed by atoms with Crippen molar-refractivity contribution < 1.29 is 28.9 Å². The number of fused-ring (bicyclic) bond motifs is 1. The van der Waals surface area contributed by atoms with Crippen LogP contribution in [0.2, 0.25) is 0 Å². The highest BCUT2D eigenvalue weighted by molar-refractivity contribution is 7.13. The molecular formula is C17H16N2O6S. The highest BCUT2D eigenvalue weighted by atomic mass is 32.1. The molecule has 3 heterocycles. The lowest BCUT2D eigenvalue weighted by Gasteiger charge is -2.30. The van der Waals surface area contributed by atoms with Crippen LogP contribution in [0.5, 0.6) is 11.5 Å². The third-order valence-corrected chi connectivity index (χ3v) is 5.14. The monoisotopic (exact) mass is 376 g/mol. The van der Waals surface area contributed by atoms with E-state index in [4.69, 9.17) is 19.3 Å². The lowest BCUT2D eigenvalue weighted by atomic mass is 10.2. The second-order valence-corrected chi connectivity index (χ2v) is 6.78. The van der Waals surface area contributed by atoms with Crippen molar-refractivity contribution in [3.05, 3.63) is 29.3 Å². The summed E-state index contributed by atoms with van der Waals surface area (Å²) in [5.41, 5.74) is 1.56. The molecule has 1 fully saturated rings. The zero-order valence-corrected chi connectivity index (χ0v) is 14.5. The number of carbonyl (C=O) groups excluding carboxylic acids is 1. The van der Waals surface area contributed by atoms with Crippen LogP contribution >= 0.6 is 11.3 Å². The molecule has 1 aromatic heterocycles. The van der Waals surface area contributed by atoms with Crippen molar-refractivity contribution in [2.45, 2.75) is 12.5 Å². The molecule has 4 rings (SSSR count). The Kier molecular flexibility index (Phi) is 4.48. The highest BCUT2D eigenvalue weighted by Gasteiger charge is 2.29. The fourth-order valence-electron chi connectivity index (χ4n) is 2.84. The van der Waals surface area contributed by atoms with E-state index < -0.39 is 12.1 Å². The molecule has 1 atom stereocenters. The Morgan fingerprint density at radius 3 is 3.00 bits per heavy atom. The zero-order valence-electron chi connectivity index (χ0n) is 13.7. The Labute approximate surface area is 152 Å². The van der Waals surface area contributed by atoms with Crippen LogP contribution in [0.4, 0.5) is 0 Å². The van der Waals surface area contributed by atoms with Gasteiger partial charge in [-0.25, -0.2) is 9.78 Å². The van der Waals surface area contributed by atoms with Gasteiger partial charge in [0.25, 0.3) is 0 Å². The molecule has 0 aliphatic carbocycles. The SMILES string of the molecule is O=C(O)[C@H]1CN(C(=O)Cc2csc(-c3ccc4c(c3)OCO4)n2)CCO1. The molecule has 136 valence electrons. The van der Waals surface area contributed by atoms with Gasteiger partial charge >= 0.3 is 5.97 Å². The predicted octanol–water partition coefficient (Wildman–Crippen LogP) is 1.39. The Balaban J connectivity index is 1.43. The number of ether oxygens (including phenoxy) is 3. The summed E-state index contributed by atoms with van der Waals surface area (Å²) in [6, 6.07) is 5.60. The quantitative estimate of drug-likeness (QED) is 0.861. The van der Waals surface area contributed by atoms with Gasteiger partial charge in [-0.1, -0.05) is 0 Å². The number of hydrogen-bond acceptors (Lipinski definition) is 7. The number of benzene rings is 1. The van der Waals surface area contributed by atoms with Gasteiger partial charge < -0.3 is 24.2 Å². The first-order valence-electron chi connectivity index (χ1n) is 8.07. The molecule has 0 bridgehead atoms. The van der Waals surface area contributed by atoms with Crippen LogP contribution < -0.4 is 9.47 Å². The Morgan fingerprint density at radius 2 is 2.15 bits per heavy atom. The number of nitrogens with zero attached hydrogens (tertiary/aromatic N) is 2. The van der Waals surface area contributed by atoms with Gasteiger partial charge in [-0.2, -0.15) is 0 Å². The van der Waals surface area contributed by atoms with Crippen molar-refractivity contribution in [1.29, 1.82) is 0 Å². The number of rotatable bonds is 4. The third-order valence-electron chi connectivity index (χ3n) is 4.20. The average Bonchev–Trinajstić information content (AvgIpc) is 3.30. The summed E-state index contributed by atoms with van der Waals surface area (Å²) in [6.07, 6.45) is -0.833. The molecule has 1 N–H and O–H groups in total. The number of aliphatic carboxylic acids is 1. The van der Waals surface area contributed by atoms with Crippen LogP contribution in [0.25, 0.3) is 10.6 Å². The zero-order chi connectivity index (χ0) is 18.1. The van der Waals surface area contributed by atoms with Crippen LogP contribution in [0.3, 0.4) is 0 Å². The van der Waals surface area contributed by atoms with Crippen LogP contribution in [-0.4, -0.2) is 59.5 Å². The molecule has 1 aromatic carbocycles. The number of carboxylic acid groups (broad SMARTS) is 1. The molecule has 2 aliphatic heterocycles. The van der Waals surface area contributed by atoms with Crippen LogP contribution in [-0.2, 0) is 20.7 Å². The summed E-state index contributed by atoms with van der Waals surface area (Å²) in [4.78, 5) is 29.5. The maximum Gasteiger partial charge on any atom is 0.334 e. The van der Waals surface area contributed by atoms with Gasteiger partial charge in [0.2, 0.25) is 12.7 Å². The minimum atomic E-state index is -1.05. The molecule has 0 unspecified atom stereocenters. The van der Waals surface area contributed by atoms with Gasteiger partial charge in [-0.3, -0.25) is 4.79 Å². The van der Waals surface area contributed by atoms with Gasteiger partial charge in [0, 0.05) is 17.5 Å². The highest BCUT2D eigenvalue weighted by Crippen LogP contribution is 2.36. The topological polar surface area (TPSA) is 98.2 Å². The van der Waals surface area contributed by atoms with E-state index in [2.05, 4.69) is 4.98 Å². The molecule has 1 saturated heterocycles. The smallest absolute Gasteiger partial charge is 0.334 e. The summed E-state index contributed by atoms with van der Waals surface area (Å²) in [5.74, 6) is 0.188. The minimum Gasteiger partial charge on any atom is -0.479 e. The van der Waals surface area contributed by atoms with Crippen molar-refractivity contribution >= 4 is 23.2 Å². The number of aromatic nitrogens is 1. The Bertz CT molecular complexity index is 852. The van der Waals surface area contributed by atoms with Crippen molar-refractivity contribution in [2.75, 3.05) is 26.5 Å². The normalized spacial score (nSPS) is 18.8. The Hall–Kier alpha value is -2.65. The second kappa shape index (κ2) is 6.93. The van der Waals surface area contributed by atoms with E-state index in [0.717, 1.165) is 10.6 Å². The maximum absolute atomic E-state index is 12.4. The average molecular weight is 376 g/mol. The molecule has 2 aromatic rings. The second-order valence-electron chi connectivity index (χ2n) is 5.93. The molecular weight excluding hydrogens is 360 g/mol. The van der Waals surface area contributed by atoms with Gasteiger partial charge in [0.1, 0.15) is 5.01 Å². The van der Waals surface area contributed by atoms with Crippen molar-refractivity contribution in [2.24, 2.45) is 0 Å². The number of carboxylic acids is 1. The predicted molar refractivity (Wildman–Crippen MR) is 91.3 cm³/mol. The van der Waals surface area contributed by atoms with E-state index in [1.165, 1.54) is 16.2 Å². The fraction of sp³-hybridized carbons (Fsp3) is 0.353. The van der Waals surface area contributed by atoms with E-state index in [-0.39, 0.29) is 32.3 Å². The van der Waals surface area contributed by atoms with E-state index in [0.29, 0.717) is 23.7 Å². The van der Waals surface area contributed by atoms with Crippen LogP contribution in [0.1, 0.15) is 5.69 Å². The van der Waals surface area contributed by atoms with E-state index in [9.17, 15) is 9.59 Å². The first-order chi connectivity index (χ1) is 12.6. The first-order valence-corrected chi connectivity index (χ1v) is 8.95. The Morgan fingerprint density at radius 1 is 1.31 bits per heavy atom. The summed E-state index contributed by atoms with van der Waals surface area (Å²) in [6.45, 7) is 0.893. The first kappa shape index (κ1) is 16.8. The number of carbonyl (C=O) groups is 2. The summed E-state index contributed by atoms with van der Waals surface area (Å²) >= 11 is 1.45. The molecule has 9 heteroatoms. The molecule has 8 nitrogen and oxygen atoms in total. The van der Waals surface area contributed by atoms with Crippen molar-refractivity contribution in [1.82, 2.24) is 9.88 Å². The summed E-state index contributed by atoms with van der Waals surface area (Å²) in [7, 11) is 0. The van der Waals surface area contributed by atoms with E-state index in [1.54, 1.807) is 0 Å².